The van der Waals surface area contributed by atoms with Crippen LogP contribution in [0.3, 0.4) is 0 Å². The molecule has 7 nitrogen and oxygen atoms in total. The van der Waals surface area contributed by atoms with Crippen LogP contribution in [-0.2, 0) is 11.2 Å². The molecule has 0 aliphatic carbocycles. The van der Waals surface area contributed by atoms with Crippen molar-refractivity contribution in [2.24, 2.45) is 0 Å². The minimum atomic E-state index is -0.495. The SMILES string of the molecule is Cc1nn(-c2ccccc2)c(C)c1CC(=O)NNC(=O)c1oc2ccccc2c1C. The van der Waals surface area contributed by atoms with Crippen molar-refractivity contribution >= 4 is 22.8 Å². The third-order valence-electron chi connectivity index (χ3n) is 5.14. The van der Waals surface area contributed by atoms with Crippen LogP contribution in [0.4, 0.5) is 0 Å². The third kappa shape index (κ3) is 3.57. The van der Waals surface area contributed by atoms with Crippen molar-refractivity contribution in [3.05, 3.63) is 82.9 Å². The van der Waals surface area contributed by atoms with Gasteiger partial charge in [0.05, 0.1) is 17.8 Å². The molecule has 2 amide bonds. The van der Waals surface area contributed by atoms with Crippen LogP contribution in [0.1, 0.15) is 33.1 Å². The number of aromatic nitrogens is 2. The number of hydrogen-bond acceptors (Lipinski definition) is 4. The monoisotopic (exact) mass is 402 g/mol. The molecule has 0 bridgehead atoms. The number of nitrogens with one attached hydrogen (secondary N) is 2. The van der Waals surface area contributed by atoms with E-state index in [1.807, 2.05) is 74.0 Å². The lowest BCUT2D eigenvalue weighted by Crippen LogP contribution is -2.42. The highest BCUT2D eigenvalue weighted by atomic mass is 16.3. The molecule has 2 heterocycles. The summed E-state index contributed by atoms with van der Waals surface area (Å²) in [5, 5.41) is 5.42. The standard InChI is InChI=1S/C23H22N4O3/c1-14-18-11-7-8-12-20(18)30-22(14)23(29)25-24-21(28)13-19-15(2)26-27(16(19)3)17-9-5-4-6-10-17/h4-12H,13H2,1-3H3,(H,24,28)(H,25,29). The molecule has 2 N–H and O–H groups in total. The fraction of sp³-hybridized carbons (Fsp3) is 0.174. The van der Waals surface area contributed by atoms with E-state index in [0.29, 0.717) is 5.58 Å². The number of furan rings is 1. The van der Waals surface area contributed by atoms with Crippen molar-refractivity contribution in [3.63, 3.8) is 0 Å². The Bertz CT molecular complexity index is 1240. The number of carbonyl (C=O) groups excluding carboxylic acids is 2. The van der Waals surface area contributed by atoms with E-state index >= 15 is 0 Å². The molecule has 0 radical (unpaired) electrons. The Labute approximate surface area is 173 Å². The molecule has 4 rings (SSSR count). The molecule has 152 valence electrons. The van der Waals surface area contributed by atoms with Gasteiger partial charge in [-0.05, 0) is 39.0 Å². The molecular weight excluding hydrogens is 380 g/mol. The van der Waals surface area contributed by atoms with Gasteiger partial charge in [-0.15, -0.1) is 0 Å². The smallest absolute Gasteiger partial charge is 0.305 e. The zero-order chi connectivity index (χ0) is 21.3. The number of hydrogen-bond donors (Lipinski definition) is 2. The van der Waals surface area contributed by atoms with Crippen LogP contribution in [0.25, 0.3) is 16.7 Å². The maximum atomic E-state index is 12.5. The molecule has 2 aromatic heterocycles. The summed E-state index contributed by atoms with van der Waals surface area (Å²) in [5.41, 5.74) is 9.67. The third-order valence-corrected chi connectivity index (χ3v) is 5.14. The Balaban J connectivity index is 1.44. The fourth-order valence-electron chi connectivity index (χ4n) is 3.53. The first kappa shape index (κ1) is 19.4. The summed E-state index contributed by atoms with van der Waals surface area (Å²) in [4.78, 5) is 24.9. The van der Waals surface area contributed by atoms with E-state index in [2.05, 4.69) is 16.0 Å². The number of hydrazine groups is 1. The number of benzene rings is 2. The lowest BCUT2D eigenvalue weighted by molar-refractivity contribution is -0.121. The number of para-hydroxylation sites is 2. The van der Waals surface area contributed by atoms with Gasteiger partial charge < -0.3 is 4.42 Å². The van der Waals surface area contributed by atoms with Gasteiger partial charge in [0.15, 0.2) is 5.76 Å². The Morgan fingerprint density at radius 1 is 0.967 bits per heavy atom. The van der Waals surface area contributed by atoms with Gasteiger partial charge in [-0.1, -0.05) is 36.4 Å². The van der Waals surface area contributed by atoms with E-state index in [4.69, 9.17) is 4.42 Å². The summed E-state index contributed by atoms with van der Waals surface area (Å²) in [6, 6.07) is 17.1. The Hall–Kier alpha value is -3.87. The molecule has 0 aliphatic rings. The minimum Gasteiger partial charge on any atom is -0.451 e. The van der Waals surface area contributed by atoms with Gasteiger partial charge in [0.1, 0.15) is 5.58 Å². The van der Waals surface area contributed by atoms with Crippen LogP contribution in [-0.4, -0.2) is 21.6 Å². The highest BCUT2D eigenvalue weighted by Crippen LogP contribution is 2.24. The second kappa shape index (κ2) is 7.87. The van der Waals surface area contributed by atoms with Crippen LogP contribution < -0.4 is 10.9 Å². The van der Waals surface area contributed by atoms with E-state index in [1.54, 1.807) is 6.07 Å². The van der Waals surface area contributed by atoms with Crippen molar-refractivity contribution in [3.8, 4) is 5.69 Å². The lowest BCUT2D eigenvalue weighted by atomic mass is 10.1. The van der Waals surface area contributed by atoms with E-state index in [0.717, 1.165) is 33.6 Å². The summed E-state index contributed by atoms with van der Waals surface area (Å²) in [6.45, 7) is 5.60. The first-order chi connectivity index (χ1) is 14.5. The molecule has 0 fully saturated rings. The summed E-state index contributed by atoms with van der Waals surface area (Å²) < 4.78 is 7.44. The molecule has 0 atom stereocenters. The fourth-order valence-corrected chi connectivity index (χ4v) is 3.53. The summed E-state index contributed by atoms with van der Waals surface area (Å²) >= 11 is 0. The Kier molecular flexibility index (Phi) is 5.10. The number of rotatable bonds is 4. The molecule has 0 saturated heterocycles. The second-order valence-corrected chi connectivity index (χ2v) is 7.13. The average molecular weight is 402 g/mol. The Morgan fingerprint density at radius 3 is 2.40 bits per heavy atom. The van der Waals surface area contributed by atoms with Crippen LogP contribution in [0.2, 0.25) is 0 Å². The topological polar surface area (TPSA) is 89.2 Å². The predicted octanol–water partition coefficient (Wildman–Crippen LogP) is 3.55. The Morgan fingerprint density at radius 2 is 1.67 bits per heavy atom. The highest BCUT2D eigenvalue weighted by molar-refractivity contribution is 5.99. The van der Waals surface area contributed by atoms with Crippen molar-refractivity contribution < 1.29 is 14.0 Å². The minimum absolute atomic E-state index is 0.101. The molecule has 0 spiro atoms. The number of carbonyl (C=O) groups is 2. The summed E-state index contributed by atoms with van der Waals surface area (Å²) in [7, 11) is 0. The predicted molar refractivity (Wildman–Crippen MR) is 113 cm³/mol. The number of nitrogens with zero attached hydrogens (tertiary/aromatic N) is 2. The second-order valence-electron chi connectivity index (χ2n) is 7.13. The van der Waals surface area contributed by atoms with E-state index in [1.165, 1.54) is 0 Å². The van der Waals surface area contributed by atoms with Gasteiger partial charge in [-0.25, -0.2) is 4.68 Å². The van der Waals surface area contributed by atoms with Gasteiger partial charge >= 0.3 is 5.91 Å². The maximum absolute atomic E-state index is 12.5. The summed E-state index contributed by atoms with van der Waals surface area (Å²) in [6.07, 6.45) is 0.101. The molecule has 30 heavy (non-hydrogen) atoms. The van der Waals surface area contributed by atoms with Crippen molar-refractivity contribution in [1.82, 2.24) is 20.6 Å². The number of amides is 2. The molecular formula is C23H22N4O3. The first-order valence-corrected chi connectivity index (χ1v) is 9.63. The largest absolute Gasteiger partial charge is 0.451 e. The molecule has 0 saturated carbocycles. The summed E-state index contributed by atoms with van der Waals surface area (Å²) in [5.74, 6) is -0.651. The van der Waals surface area contributed by atoms with Crippen molar-refractivity contribution in [2.75, 3.05) is 0 Å². The molecule has 0 unspecified atom stereocenters. The van der Waals surface area contributed by atoms with Gasteiger partial charge in [-0.3, -0.25) is 20.4 Å². The van der Waals surface area contributed by atoms with Crippen molar-refractivity contribution in [2.45, 2.75) is 27.2 Å². The van der Waals surface area contributed by atoms with Crippen LogP contribution >= 0.6 is 0 Å². The zero-order valence-electron chi connectivity index (χ0n) is 17.0. The number of aryl methyl sites for hydroxylation is 2. The van der Waals surface area contributed by atoms with Gasteiger partial charge in [-0.2, -0.15) is 5.10 Å². The molecule has 0 aliphatic heterocycles. The molecule has 4 aromatic rings. The lowest BCUT2D eigenvalue weighted by Gasteiger charge is -2.08. The van der Waals surface area contributed by atoms with Gasteiger partial charge in [0, 0.05) is 22.2 Å². The van der Waals surface area contributed by atoms with Gasteiger partial charge in [0.2, 0.25) is 5.91 Å². The van der Waals surface area contributed by atoms with Crippen molar-refractivity contribution in [1.29, 1.82) is 0 Å². The highest BCUT2D eigenvalue weighted by Gasteiger charge is 2.19. The molecule has 7 heteroatoms. The van der Waals surface area contributed by atoms with Crippen LogP contribution in [0, 0.1) is 20.8 Å². The van der Waals surface area contributed by atoms with Crippen LogP contribution in [0.15, 0.2) is 59.0 Å². The van der Waals surface area contributed by atoms with E-state index in [-0.39, 0.29) is 18.1 Å². The van der Waals surface area contributed by atoms with E-state index < -0.39 is 5.91 Å². The quantitative estimate of drug-likeness (QED) is 0.511. The maximum Gasteiger partial charge on any atom is 0.305 e. The normalized spacial score (nSPS) is 10.9. The average Bonchev–Trinajstić information content (AvgIpc) is 3.24. The number of fused-ring (bicyclic) bond motifs is 1. The van der Waals surface area contributed by atoms with Gasteiger partial charge in [0.25, 0.3) is 0 Å². The first-order valence-electron chi connectivity index (χ1n) is 9.63. The zero-order valence-corrected chi connectivity index (χ0v) is 17.0. The molecule has 2 aromatic carbocycles. The van der Waals surface area contributed by atoms with Crippen LogP contribution in [0.5, 0.6) is 0 Å². The van der Waals surface area contributed by atoms with E-state index in [9.17, 15) is 9.59 Å².